The summed E-state index contributed by atoms with van der Waals surface area (Å²) in [6.07, 6.45) is 6.18. The zero-order valence-corrected chi connectivity index (χ0v) is 15.5. The molecule has 138 valence electrons. The predicted molar refractivity (Wildman–Crippen MR) is 101 cm³/mol. The average Bonchev–Trinajstić information content (AvgIpc) is 3.16. The molecule has 1 saturated carbocycles. The first-order chi connectivity index (χ1) is 12.5. The molecule has 2 aliphatic heterocycles. The van der Waals surface area contributed by atoms with Crippen molar-refractivity contribution >= 4 is 23.4 Å². The molecule has 0 spiro atoms. The van der Waals surface area contributed by atoms with E-state index in [0.29, 0.717) is 18.8 Å². The lowest BCUT2D eigenvalue weighted by molar-refractivity contribution is -0.147. The summed E-state index contributed by atoms with van der Waals surface area (Å²) >= 11 is 6.18. The number of amides is 2. The molecule has 5 nitrogen and oxygen atoms in total. The van der Waals surface area contributed by atoms with Gasteiger partial charge in [0.1, 0.15) is 12.2 Å². The highest BCUT2D eigenvalue weighted by atomic mass is 35.5. The normalized spacial score (nSPS) is 29.0. The fourth-order valence-electron chi connectivity index (χ4n) is 4.66. The number of fused-ring (bicyclic) bond motifs is 1. The van der Waals surface area contributed by atoms with E-state index in [1.54, 1.807) is 9.80 Å². The smallest absolute Gasteiger partial charge is 0.270 e. The van der Waals surface area contributed by atoms with Gasteiger partial charge in [0.25, 0.3) is 5.91 Å². The Kier molecular flexibility index (Phi) is 4.53. The molecule has 4 rings (SSSR count). The summed E-state index contributed by atoms with van der Waals surface area (Å²) in [5.41, 5.74) is 7.83. The Bertz CT molecular complexity index is 768. The number of rotatable bonds is 3. The second-order valence-corrected chi connectivity index (χ2v) is 8.02. The van der Waals surface area contributed by atoms with Gasteiger partial charge in [0.2, 0.25) is 5.91 Å². The van der Waals surface area contributed by atoms with Crippen LogP contribution in [0.4, 0.5) is 0 Å². The fraction of sp³-hybridized carbons (Fsp3) is 0.500. The van der Waals surface area contributed by atoms with Gasteiger partial charge in [0, 0.05) is 29.6 Å². The van der Waals surface area contributed by atoms with Crippen LogP contribution in [0.2, 0.25) is 5.02 Å². The second-order valence-electron chi connectivity index (χ2n) is 7.58. The van der Waals surface area contributed by atoms with Gasteiger partial charge in [-0.3, -0.25) is 9.59 Å². The Labute approximate surface area is 158 Å². The summed E-state index contributed by atoms with van der Waals surface area (Å²) in [5, 5.41) is 0.725. The Morgan fingerprint density at radius 1 is 1.23 bits per heavy atom. The fourth-order valence-corrected chi connectivity index (χ4v) is 4.85. The Balaban J connectivity index is 1.51. The van der Waals surface area contributed by atoms with E-state index < -0.39 is 0 Å². The molecule has 0 atom stereocenters. The van der Waals surface area contributed by atoms with Crippen LogP contribution in [-0.4, -0.2) is 47.3 Å². The van der Waals surface area contributed by atoms with Gasteiger partial charge >= 0.3 is 0 Å². The topological polar surface area (TPSA) is 66.6 Å². The van der Waals surface area contributed by atoms with Crippen LogP contribution in [0.15, 0.2) is 36.0 Å². The largest absolute Gasteiger partial charge is 0.330 e. The van der Waals surface area contributed by atoms with Gasteiger partial charge in [-0.15, -0.1) is 0 Å². The van der Waals surface area contributed by atoms with Gasteiger partial charge in [-0.1, -0.05) is 29.8 Å². The number of benzene rings is 1. The van der Waals surface area contributed by atoms with Gasteiger partial charge < -0.3 is 15.5 Å². The third kappa shape index (κ3) is 2.83. The molecule has 26 heavy (non-hydrogen) atoms. The van der Waals surface area contributed by atoms with E-state index in [4.69, 9.17) is 17.3 Å². The van der Waals surface area contributed by atoms with Gasteiger partial charge in [-0.25, -0.2) is 0 Å². The van der Waals surface area contributed by atoms with Crippen molar-refractivity contribution in [2.45, 2.75) is 43.6 Å². The third-order valence-corrected chi connectivity index (χ3v) is 6.48. The quantitative estimate of drug-likeness (QED) is 0.884. The van der Waals surface area contributed by atoms with Crippen molar-refractivity contribution < 1.29 is 9.59 Å². The van der Waals surface area contributed by atoms with E-state index in [2.05, 4.69) is 6.07 Å². The molecular formula is C20H24ClN3O2. The number of carbonyl (C=O) groups is 2. The molecule has 1 aromatic carbocycles. The predicted octanol–water partition coefficient (Wildman–Crippen LogP) is 2.44. The molecule has 1 saturated heterocycles. The summed E-state index contributed by atoms with van der Waals surface area (Å²) in [5.74, 6) is 0.0500. The number of piperazine rings is 1. The minimum absolute atomic E-state index is 0.00936. The second kappa shape index (κ2) is 6.71. The van der Waals surface area contributed by atoms with Gasteiger partial charge in [-0.05, 0) is 49.8 Å². The van der Waals surface area contributed by atoms with Crippen molar-refractivity contribution in [2.24, 2.45) is 5.73 Å². The van der Waals surface area contributed by atoms with Crippen molar-refractivity contribution in [3.8, 4) is 0 Å². The van der Waals surface area contributed by atoms with Crippen LogP contribution in [-0.2, 0) is 15.0 Å². The Morgan fingerprint density at radius 2 is 2.00 bits per heavy atom. The van der Waals surface area contributed by atoms with Crippen molar-refractivity contribution in [1.29, 1.82) is 0 Å². The summed E-state index contributed by atoms with van der Waals surface area (Å²) in [7, 11) is 0. The van der Waals surface area contributed by atoms with E-state index >= 15 is 0 Å². The van der Waals surface area contributed by atoms with Crippen LogP contribution >= 0.6 is 11.6 Å². The molecule has 0 bridgehead atoms. The number of carbonyl (C=O) groups excluding carboxylic acids is 2. The van der Waals surface area contributed by atoms with E-state index in [1.165, 1.54) is 5.56 Å². The van der Waals surface area contributed by atoms with E-state index in [1.807, 2.05) is 24.3 Å². The lowest BCUT2D eigenvalue weighted by Crippen LogP contribution is -2.56. The minimum Gasteiger partial charge on any atom is -0.330 e. The van der Waals surface area contributed by atoms with Gasteiger partial charge in [-0.2, -0.15) is 0 Å². The average molecular weight is 374 g/mol. The molecular weight excluding hydrogens is 350 g/mol. The number of nitrogens with zero attached hydrogens (tertiary/aromatic N) is 2. The van der Waals surface area contributed by atoms with E-state index in [9.17, 15) is 9.59 Å². The number of hydrogen-bond acceptors (Lipinski definition) is 3. The van der Waals surface area contributed by atoms with Crippen LogP contribution in [0.5, 0.6) is 0 Å². The van der Waals surface area contributed by atoms with Crippen LogP contribution < -0.4 is 5.73 Å². The highest BCUT2D eigenvalue weighted by Gasteiger charge is 2.43. The van der Waals surface area contributed by atoms with Crippen molar-refractivity contribution in [1.82, 2.24) is 9.80 Å². The lowest BCUT2D eigenvalue weighted by atomic mass is 9.68. The molecule has 2 heterocycles. The van der Waals surface area contributed by atoms with Crippen LogP contribution in [0.3, 0.4) is 0 Å². The van der Waals surface area contributed by atoms with E-state index in [-0.39, 0.29) is 29.8 Å². The number of hydrogen-bond donors (Lipinski definition) is 1. The van der Waals surface area contributed by atoms with Crippen LogP contribution in [0, 0.1) is 0 Å². The first kappa shape index (κ1) is 17.6. The maximum atomic E-state index is 12.8. The van der Waals surface area contributed by atoms with Crippen LogP contribution in [0.25, 0.3) is 0 Å². The monoisotopic (exact) mass is 373 g/mol. The highest BCUT2D eigenvalue weighted by molar-refractivity contribution is 6.30. The molecule has 1 aromatic rings. The zero-order valence-electron chi connectivity index (χ0n) is 14.8. The maximum Gasteiger partial charge on any atom is 0.270 e. The summed E-state index contributed by atoms with van der Waals surface area (Å²) < 4.78 is 0. The zero-order chi connectivity index (χ0) is 18.3. The lowest BCUT2D eigenvalue weighted by Gasteiger charge is -2.45. The van der Waals surface area contributed by atoms with Crippen molar-refractivity contribution in [2.75, 3.05) is 19.6 Å². The molecule has 2 amide bonds. The molecule has 1 aliphatic carbocycles. The number of nitrogens with two attached hydrogens (primary N) is 1. The Morgan fingerprint density at radius 3 is 2.69 bits per heavy atom. The van der Waals surface area contributed by atoms with Gasteiger partial charge in [0.05, 0.1) is 0 Å². The van der Waals surface area contributed by atoms with Crippen LogP contribution in [0.1, 0.15) is 37.7 Å². The first-order valence-corrected chi connectivity index (χ1v) is 9.69. The first-order valence-electron chi connectivity index (χ1n) is 9.32. The summed E-state index contributed by atoms with van der Waals surface area (Å²) in [4.78, 5) is 28.6. The minimum atomic E-state index is -0.0943. The highest BCUT2D eigenvalue weighted by Crippen LogP contribution is 2.41. The standard InChI is InChI=1S/C20H24ClN3O2/c21-15-4-1-3-14(11-15)20(13-22)8-6-16(7-9-20)24-12-18(25)23-10-2-5-17(23)19(24)26/h1,3-5,11,16H,2,6-10,12-13,22H2. The summed E-state index contributed by atoms with van der Waals surface area (Å²) in [6.45, 7) is 1.41. The molecule has 2 fully saturated rings. The van der Waals surface area contributed by atoms with Gasteiger partial charge in [0.15, 0.2) is 0 Å². The van der Waals surface area contributed by atoms with E-state index in [0.717, 1.165) is 37.1 Å². The molecule has 6 heteroatoms. The molecule has 0 aromatic heterocycles. The number of halogens is 1. The third-order valence-electron chi connectivity index (χ3n) is 6.25. The molecule has 2 N–H and O–H groups in total. The molecule has 0 unspecified atom stereocenters. The van der Waals surface area contributed by atoms with Crippen molar-refractivity contribution in [3.63, 3.8) is 0 Å². The van der Waals surface area contributed by atoms with Crippen molar-refractivity contribution in [3.05, 3.63) is 46.6 Å². The maximum absolute atomic E-state index is 12.8. The molecule has 0 radical (unpaired) electrons. The Hall–Kier alpha value is -1.85. The summed E-state index contributed by atoms with van der Waals surface area (Å²) in [6, 6.07) is 8.05. The SMILES string of the molecule is NCC1(c2cccc(Cl)c2)CCC(N2CC(=O)N3CCC=C3C2=O)CC1. The molecule has 3 aliphatic rings.